The van der Waals surface area contributed by atoms with E-state index in [4.69, 9.17) is 0 Å². The topological polar surface area (TPSA) is 50.2 Å². The Labute approximate surface area is 125 Å². The van der Waals surface area contributed by atoms with Crippen LogP contribution in [0.15, 0.2) is 16.4 Å². The number of rotatable bonds is 1. The lowest BCUT2D eigenvalue weighted by Gasteiger charge is -2.13. The minimum Gasteiger partial charge on any atom is -0.506 e. The van der Waals surface area contributed by atoms with E-state index >= 15 is 0 Å². The Morgan fingerprint density at radius 1 is 0.842 bits per heavy atom. The number of carbonyl (C=O) groups excluding carboxylic acids is 1. The van der Waals surface area contributed by atoms with E-state index in [2.05, 4.69) is 60.4 Å². The summed E-state index contributed by atoms with van der Waals surface area (Å²) in [5, 5.41) is 13.7. The van der Waals surface area contributed by atoms with E-state index in [0.29, 0.717) is 16.3 Å². The number of hydrogen-bond donors (Lipinski definition) is 1. The molecule has 100 valence electrons. The van der Waals surface area contributed by atoms with Crippen molar-refractivity contribution in [2.75, 3.05) is 0 Å². The number of hydrogen-bond acceptors (Lipinski definition) is 3. The molecule has 1 aromatic rings. The molecule has 6 atom stereocenters. The third-order valence-corrected chi connectivity index (χ3v) is 7.58. The normalized spacial score (nSPS) is 15.8. The summed E-state index contributed by atoms with van der Waals surface area (Å²) in [6.07, 6.45) is 0. The number of allylic oxidation sites excluding steroid dienone is 3. The third-order valence-electron chi connectivity index (χ3n) is 2.83. The van der Waals surface area contributed by atoms with Crippen LogP contribution in [-0.4, -0.2) is 15.9 Å². The van der Waals surface area contributed by atoms with Gasteiger partial charge in [-0.1, -0.05) is 9.24 Å². The Morgan fingerprint density at radius 2 is 1.42 bits per heavy atom. The summed E-state index contributed by atoms with van der Waals surface area (Å²) in [6.45, 7) is 0. The van der Waals surface area contributed by atoms with Gasteiger partial charge in [0.05, 0.1) is 16.7 Å². The van der Waals surface area contributed by atoms with Crippen LogP contribution in [0.2, 0.25) is 0 Å². The second-order valence-corrected chi connectivity index (χ2v) is 7.40. The van der Waals surface area contributed by atoms with Gasteiger partial charge in [-0.25, -0.2) is 4.98 Å². The highest BCUT2D eigenvalue weighted by Crippen LogP contribution is 2.39. The standard InChI is InChI=1S/C10H13NO2P6/c12-3-1(4(13)7(16)6(3)15)2-5(14)8(17)9(18)10(19)11-2/h12H,14-19H2. The first-order chi connectivity index (χ1) is 8.77. The Hall–Kier alpha value is 0.680. The van der Waals surface area contributed by atoms with Crippen LogP contribution in [0.4, 0.5) is 0 Å². The van der Waals surface area contributed by atoms with Gasteiger partial charge in [0.2, 0.25) is 0 Å². The summed E-state index contributed by atoms with van der Waals surface area (Å²) < 4.78 is 0. The molecule has 1 aromatic heterocycles. The lowest BCUT2D eigenvalue weighted by molar-refractivity contribution is -0.109. The lowest BCUT2D eigenvalue weighted by Crippen LogP contribution is -2.37. The maximum absolute atomic E-state index is 12.2. The first-order valence-corrected chi connectivity index (χ1v) is 8.57. The van der Waals surface area contributed by atoms with Gasteiger partial charge in [0.1, 0.15) is 5.76 Å². The van der Waals surface area contributed by atoms with Gasteiger partial charge >= 0.3 is 0 Å². The highest BCUT2D eigenvalue weighted by Gasteiger charge is 2.31. The molecule has 1 aliphatic carbocycles. The van der Waals surface area contributed by atoms with Crippen LogP contribution in [0.25, 0.3) is 5.57 Å². The number of nitrogens with zero attached hydrogens (tertiary/aromatic N) is 1. The van der Waals surface area contributed by atoms with E-state index in [-0.39, 0.29) is 17.1 Å². The molecule has 1 aliphatic rings. The van der Waals surface area contributed by atoms with Crippen LogP contribution in [-0.2, 0) is 4.79 Å². The molecular weight excluding hydrogens is 352 g/mol. The molecule has 6 unspecified atom stereocenters. The highest BCUT2D eigenvalue weighted by atomic mass is 31.0. The monoisotopic (exact) mass is 365 g/mol. The molecule has 0 saturated carbocycles. The maximum Gasteiger partial charge on any atom is 0.199 e. The van der Waals surface area contributed by atoms with E-state index in [0.717, 1.165) is 21.3 Å². The molecule has 1 heterocycles. The van der Waals surface area contributed by atoms with Crippen molar-refractivity contribution in [2.45, 2.75) is 0 Å². The zero-order valence-corrected chi connectivity index (χ0v) is 16.7. The fraction of sp³-hybridized carbons (Fsp3) is 0. The zero-order valence-electron chi connectivity index (χ0n) is 9.77. The second-order valence-electron chi connectivity index (χ2n) is 3.97. The van der Waals surface area contributed by atoms with E-state index in [9.17, 15) is 9.90 Å². The molecule has 0 saturated heterocycles. The van der Waals surface area contributed by atoms with Crippen LogP contribution in [0.3, 0.4) is 0 Å². The largest absolute Gasteiger partial charge is 0.506 e. The Morgan fingerprint density at radius 3 is 1.89 bits per heavy atom. The number of Topliss-reactive ketones (excluding diaryl/α,β-unsaturated/α-hetero) is 1. The van der Waals surface area contributed by atoms with Gasteiger partial charge in [-0.15, -0.1) is 46.2 Å². The van der Waals surface area contributed by atoms with Crippen molar-refractivity contribution in [3.05, 3.63) is 22.1 Å². The Balaban J connectivity index is 2.73. The summed E-state index contributed by atoms with van der Waals surface area (Å²) in [5.74, 6) is -0.240. The lowest BCUT2D eigenvalue weighted by atomic mass is 10.1. The van der Waals surface area contributed by atoms with Crippen molar-refractivity contribution in [3.63, 3.8) is 0 Å². The van der Waals surface area contributed by atoms with Crippen LogP contribution in [0.5, 0.6) is 0 Å². The van der Waals surface area contributed by atoms with Crippen LogP contribution in [0.1, 0.15) is 5.69 Å². The van der Waals surface area contributed by atoms with Gasteiger partial charge in [0.15, 0.2) is 5.78 Å². The Bertz CT molecular complexity index is 679. The van der Waals surface area contributed by atoms with Crippen LogP contribution in [0, 0.1) is 0 Å². The van der Waals surface area contributed by atoms with Crippen molar-refractivity contribution in [1.29, 1.82) is 0 Å². The number of pyridine rings is 1. The average molecular weight is 365 g/mol. The third kappa shape index (κ3) is 2.60. The molecule has 0 aromatic carbocycles. The Kier molecular flexibility index (Phi) is 4.92. The summed E-state index contributed by atoms with van der Waals surface area (Å²) in [4.78, 5) is 16.6. The number of carbonyl (C=O) groups is 1. The predicted molar refractivity (Wildman–Crippen MR) is 103 cm³/mol. The average Bonchev–Trinajstić information content (AvgIpc) is 2.56. The number of aliphatic hydroxyl groups excluding tert-OH is 1. The van der Waals surface area contributed by atoms with E-state index in [1.165, 1.54) is 0 Å². The fourth-order valence-electron chi connectivity index (χ4n) is 1.69. The maximum atomic E-state index is 12.2. The van der Waals surface area contributed by atoms with Crippen LogP contribution >= 0.6 is 55.4 Å². The van der Waals surface area contributed by atoms with Gasteiger partial charge in [-0.3, -0.25) is 4.79 Å². The molecule has 1 N–H and O–H groups in total. The second kappa shape index (κ2) is 5.82. The molecule has 2 rings (SSSR count). The van der Waals surface area contributed by atoms with Crippen molar-refractivity contribution in [2.24, 2.45) is 0 Å². The molecule has 0 amide bonds. The molecule has 9 heteroatoms. The van der Waals surface area contributed by atoms with Crippen molar-refractivity contribution in [1.82, 2.24) is 4.98 Å². The van der Waals surface area contributed by atoms with Gasteiger partial charge in [-0.2, -0.15) is 0 Å². The van der Waals surface area contributed by atoms with Gasteiger partial charge < -0.3 is 5.11 Å². The number of aliphatic hydroxyl groups is 1. The van der Waals surface area contributed by atoms with E-state index in [1.807, 2.05) is 0 Å². The minimum absolute atomic E-state index is 0.0264. The van der Waals surface area contributed by atoms with Crippen molar-refractivity contribution >= 4 is 88.1 Å². The number of ketones is 1. The first-order valence-electron chi connectivity index (χ1n) is 5.11. The molecule has 0 aliphatic heterocycles. The summed E-state index contributed by atoms with van der Waals surface area (Å²) >= 11 is 0. The van der Waals surface area contributed by atoms with Crippen molar-refractivity contribution in [3.8, 4) is 0 Å². The van der Waals surface area contributed by atoms with Gasteiger partial charge in [0.25, 0.3) is 0 Å². The summed E-state index contributed by atoms with van der Waals surface area (Å²) in [7, 11) is 15.1. The first kappa shape index (κ1) is 16.1. The molecule has 3 nitrogen and oxygen atoms in total. The molecule has 0 fully saturated rings. The summed E-state index contributed by atoms with van der Waals surface area (Å²) in [6, 6.07) is 0. The van der Waals surface area contributed by atoms with E-state index < -0.39 is 0 Å². The van der Waals surface area contributed by atoms with Crippen molar-refractivity contribution < 1.29 is 9.90 Å². The van der Waals surface area contributed by atoms with Gasteiger partial charge in [-0.05, 0) is 5.30 Å². The predicted octanol–water partition coefficient (Wildman–Crippen LogP) is -0.103. The SMILES string of the molecule is O=C1C(P)=C(P)C(O)=C1c1nc(P)c(P)c(P)c1P. The minimum atomic E-state index is -0.214. The fourth-order valence-corrected chi connectivity index (χ4v) is 3.73. The van der Waals surface area contributed by atoms with Gasteiger partial charge in [0, 0.05) is 21.2 Å². The molecule has 0 bridgehead atoms. The van der Waals surface area contributed by atoms with Crippen LogP contribution < -0.4 is 21.3 Å². The molecule has 0 spiro atoms. The smallest absolute Gasteiger partial charge is 0.199 e. The molecule has 0 radical (unpaired) electrons. The molecular formula is C10H13NO2P6. The highest BCUT2D eigenvalue weighted by molar-refractivity contribution is 7.43. The quantitative estimate of drug-likeness (QED) is 0.708. The zero-order chi connectivity index (χ0) is 14.5. The van der Waals surface area contributed by atoms with E-state index in [1.54, 1.807) is 0 Å². The summed E-state index contributed by atoms with van der Waals surface area (Å²) in [5.41, 5.74) is 1.47. The number of aromatic nitrogens is 1. The molecule has 19 heavy (non-hydrogen) atoms.